The Kier molecular flexibility index (Phi) is 5.84. The number of aryl methyl sites for hydroxylation is 1. The van der Waals surface area contributed by atoms with Gasteiger partial charge in [0.15, 0.2) is 11.6 Å². The lowest BCUT2D eigenvalue weighted by molar-refractivity contribution is 0.0529. The second kappa shape index (κ2) is 8.31. The molecule has 0 atom stereocenters. The Labute approximate surface area is 164 Å². The highest BCUT2D eigenvalue weighted by atomic mass is 32.1. The van der Waals surface area contributed by atoms with Gasteiger partial charge in [0.2, 0.25) is 0 Å². The fourth-order valence-electron chi connectivity index (χ4n) is 2.80. The van der Waals surface area contributed by atoms with Crippen LogP contribution in [0.1, 0.15) is 32.5 Å². The summed E-state index contributed by atoms with van der Waals surface area (Å²) in [6.45, 7) is 3.71. The molecule has 0 spiro atoms. The van der Waals surface area contributed by atoms with Gasteiger partial charge in [0.05, 0.1) is 6.61 Å². The zero-order valence-corrected chi connectivity index (χ0v) is 16.0. The van der Waals surface area contributed by atoms with E-state index in [0.717, 1.165) is 22.6 Å². The number of carbonyl (C=O) groups is 2. The van der Waals surface area contributed by atoms with E-state index in [1.54, 1.807) is 6.92 Å². The number of carbonyl (C=O) groups excluding carboxylic acids is 2. The molecule has 1 heterocycles. The van der Waals surface area contributed by atoms with Crippen LogP contribution in [0.4, 0.5) is 13.8 Å². The van der Waals surface area contributed by atoms with Crippen LogP contribution >= 0.6 is 11.3 Å². The number of anilines is 1. The fourth-order valence-corrected chi connectivity index (χ4v) is 3.86. The molecular weight excluding hydrogens is 384 g/mol. The predicted octanol–water partition coefficient (Wildman–Crippen LogP) is 5.43. The zero-order chi connectivity index (χ0) is 20.3. The molecule has 3 aromatic rings. The minimum atomic E-state index is -1.12. The lowest BCUT2D eigenvalue weighted by Crippen LogP contribution is -2.15. The SMILES string of the molecule is CCOC(=O)c1c(NC(=O)c2ccc(F)c(F)c2)sc(C)c1-c1ccccc1. The van der Waals surface area contributed by atoms with Crippen molar-refractivity contribution < 1.29 is 23.1 Å². The molecule has 4 nitrogen and oxygen atoms in total. The molecule has 0 unspecified atom stereocenters. The highest BCUT2D eigenvalue weighted by Crippen LogP contribution is 2.40. The van der Waals surface area contributed by atoms with Crippen molar-refractivity contribution in [1.82, 2.24) is 0 Å². The van der Waals surface area contributed by atoms with Gasteiger partial charge >= 0.3 is 5.97 Å². The first-order valence-corrected chi connectivity index (χ1v) is 9.36. The summed E-state index contributed by atoms with van der Waals surface area (Å²) in [7, 11) is 0. The smallest absolute Gasteiger partial charge is 0.341 e. The van der Waals surface area contributed by atoms with Crippen molar-refractivity contribution in [2.45, 2.75) is 13.8 Å². The first kappa shape index (κ1) is 19.7. The quantitative estimate of drug-likeness (QED) is 0.580. The number of hydrogen-bond donors (Lipinski definition) is 1. The molecule has 0 aliphatic rings. The summed E-state index contributed by atoms with van der Waals surface area (Å²) in [4.78, 5) is 25.9. The van der Waals surface area contributed by atoms with Gasteiger partial charge in [-0.2, -0.15) is 0 Å². The third-order valence-corrected chi connectivity index (χ3v) is 5.06. The standard InChI is InChI=1S/C21H17F2NO3S/c1-3-27-21(26)18-17(13-7-5-4-6-8-13)12(2)28-20(18)24-19(25)14-9-10-15(22)16(23)11-14/h4-11H,3H2,1-2H3,(H,24,25). The Morgan fingerprint density at radius 1 is 1.07 bits per heavy atom. The zero-order valence-electron chi connectivity index (χ0n) is 15.2. The van der Waals surface area contributed by atoms with Crippen LogP contribution in [0.2, 0.25) is 0 Å². The van der Waals surface area contributed by atoms with Crippen LogP contribution in [0.25, 0.3) is 11.1 Å². The summed E-state index contributed by atoms with van der Waals surface area (Å²) in [6.07, 6.45) is 0. The van der Waals surface area contributed by atoms with Gasteiger partial charge in [-0.25, -0.2) is 13.6 Å². The van der Waals surface area contributed by atoms with Gasteiger partial charge in [0, 0.05) is 16.0 Å². The third kappa shape index (κ3) is 3.94. The maximum absolute atomic E-state index is 13.4. The number of halogens is 2. The topological polar surface area (TPSA) is 55.4 Å². The molecule has 7 heteroatoms. The van der Waals surface area contributed by atoms with E-state index >= 15 is 0 Å². The van der Waals surface area contributed by atoms with Crippen LogP contribution in [0.5, 0.6) is 0 Å². The summed E-state index contributed by atoms with van der Waals surface area (Å²) in [5, 5.41) is 2.93. The minimum Gasteiger partial charge on any atom is -0.462 e. The van der Waals surface area contributed by atoms with Crippen LogP contribution in [0.15, 0.2) is 48.5 Å². The normalized spacial score (nSPS) is 10.6. The minimum absolute atomic E-state index is 0.0546. The van der Waals surface area contributed by atoms with E-state index in [2.05, 4.69) is 5.32 Å². The van der Waals surface area contributed by atoms with Crippen LogP contribution in [0, 0.1) is 18.6 Å². The van der Waals surface area contributed by atoms with Gasteiger partial charge in [0.25, 0.3) is 5.91 Å². The lowest BCUT2D eigenvalue weighted by atomic mass is 10.0. The Bertz CT molecular complexity index is 1030. The average Bonchev–Trinajstić information content (AvgIpc) is 3.00. The molecule has 3 rings (SSSR count). The van der Waals surface area contributed by atoms with Gasteiger partial charge in [-0.15, -0.1) is 11.3 Å². The van der Waals surface area contributed by atoms with E-state index in [-0.39, 0.29) is 17.7 Å². The van der Waals surface area contributed by atoms with E-state index in [1.165, 1.54) is 17.4 Å². The third-order valence-electron chi connectivity index (χ3n) is 4.04. The lowest BCUT2D eigenvalue weighted by Gasteiger charge is -2.09. The van der Waals surface area contributed by atoms with Crippen molar-refractivity contribution in [2.75, 3.05) is 11.9 Å². The maximum Gasteiger partial charge on any atom is 0.341 e. The Morgan fingerprint density at radius 3 is 2.43 bits per heavy atom. The Hall–Kier alpha value is -3.06. The molecule has 1 N–H and O–H groups in total. The molecule has 0 saturated carbocycles. The Balaban J connectivity index is 2.04. The first-order valence-electron chi connectivity index (χ1n) is 8.54. The van der Waals surface area contributed by atoms with Crippen LogP contribution in [0.3, 0.4) is 0 Å². The predicted molar refractivity (Wildman–Crippen MR) is 105 cm³/mol. The number of hydrogen-bond acceptors (Lipinski definition) is 4. The number of thiophene rings is 1. The summed E-state index contributed by atoms with van der Waals surface area (Å²) in [6, 6.07) is 12.1. The maximum atomic E-state index is 13.4. The van der Waals surface area contributed by atoms with Crippen LogP contribution < -0.4 is 5.32 Å². The largest absolute Gasteiger partial charge is 0.462 e. The molecule has 2 aromatic carbocycles. The highest BCUT2D eigenvalue weighted by molar-refractivity contribution is 7.17. The monoisotopic (exact) mass is 401 g/mol. The van der Waals surface area contributed by atoms with Crippen LogP contribution in [-0.2, 0) is 4.74 Å². The number of ether oxygens (including phenoxy) is 1. The molecule has 0 fully saturated rings. The second-order valence-corrected chi connectivity index (χ2v) is 7.13. The molecule has 1 aromatic heterocycles. The number of esters is 1. The molecule has 144 valence electrons. The van der Waals surface area contributed by atoms with Gasteiger partial charge in [-0.05, 0) is 37.6 Å². The van der Waals surface area contributed by atoms with E-state index in [1.807, 2.05) is 37.3 Å². The van der Waals surface area contributed by atoms with E-state index < -0.39 is 23.5 Å². The number of benzene rings is 2. The van der Waals surface area contributed by atoms with Gasteiger partial charge in [-0.3, -0.25) is 4.79 Å². The molecule has 1 amide bonds. The van der Waals surface area contributed by atoms with Crippen molar-refractivity contribution in [1.29, 1.82) is 0 Å². The van der Waals surface area contributed by atoms with E-state index in [4.69, 9.17) is 4.74 Å². The van der Waals surface area contributed by atoms with Crippen molar-refractivity contribution in [3.8, 4) is 11.1 Å². The Morgan fingerprint density at radius 2 is 1.79 bits per heavy atom. The second-order valence-electron chi connectivity index (χ2n) is 5.91. The number of rotatable bonds is 5. The molecule has 0 radical (unpaired) electrons. The highest BCUT2D eigenvalue weighted by Gasteiger charge is 2.25. The number of nitrogens with one attached hydrogen (secondary N) is 1. The molecule has 0 aliphatic carbocycles. The van der Waals surface area contributed by atoms with Crippen molar-refractivity contribution >= 4 is 28.2 Å². The number of amides is 1. The van der Waals surface area contributed by atoms with Gasteiger partial charge < -0.3 is 10.1 Å². The molecule has 0 bridgehead atoms. The summed E-state index contributed by atoms with van der Waals surface area (Å²) in [5.74, 6) is -3.37. The summed E-state index contributed by atoms with van der Waals surface area (Å²) in [5.41, 5.74) is 1.67. The van der Waals surface area contributed by atoms with E-state index in [0.29, 0.717) is 10.6 Å². The van der Waals surface area contributed by atoms with Gasteiger partial charge in [0.1, 0.15) is 10.6 Å². The summed E-state index contributed by atoms with van der Waals surface area (Å²) < 4.78 is 31.7. The average molecular weight is 401 g/mol. The van der Waals surface area contributed by atoms with Crippen molar-refractivity contribution in [3.05, 3.63) is 76.2 Å². The van der Waals surface area contributed by atoms with E-state index in [9.17, 15) is 18.4 Å². The fraction of sp³-hybridized carbons (Fsp3) is 0.143. The van der Waals surface area contributed by atoms with Crippen molar-refractivity contribution in [3.63, 3.8) is 0 Å². The van der Waals surface area contributed by atoms with Crippen LogP contribution in [-0.4, -0.2) is 18.5 Å². The summed E-state index contributed by atoms with van der Waals surface area (Å²) >= 11 is 1.22. The van der Waals surface area contributed by atoms with Crippen molar-refractivity contribution in [2.24, 2.45) is 0 Å². The molecule has 28 heavy (non-hydrogen) atoms. The molecular formula is C21H17F2NO3S. The van der Waals surface area contributed by atoms with Gasteiger partial charge in [-0.1, -0.05) is 30.3 Å². The first-order chi connectivity index (χ1) is 13.4. The molecule has 0 saturated heterocycles. The molecule has 0 aliphatic heterocycles.